The molecule has 2 aromatic carbocycles. The number of nitro groups is 1. The summed E-state index contributed by atoms with van der Waals surface area (Å²) in [6, 6.07) is 10.7. The van der Waals surface area contributed by atoms with Crippen molar-refractivity contribution >= 4 is 44.9 Å². The molecule has 0 aliphatic carbocycles. The zero-order valence-corrected chi connectivity index (χ0v) is 15.3. The van der Waals surface area contributed by atoms with Crippen molar-refractivity contribution in [3.8, 4) is 5.75 Å². The van der Waals surface area contributed by atoms with Crippen molar-refractivity contribution in [2.75, 3.05) is 18.5 Å². The van der Waals surface area contributed by atoms with Crippen molar-refractivity contribution in [1.29, 1.82) is 0 Å². The van der Waals surface area contributed by atoms with Crippen LogP contribution in [0.3, 0.4) is 0 Å². The van der Waals surface area contributed by atoms with E-state index >= 15 is 0 Å². The number of hydrogen-bond donors (Lipinski definition) is 2. The number of nitrogens with one attached hydrogen (secondary N) is 2. The zero-order valence-electron chi connectivity index (χ0n) is 13.0. The van der Waals surface area contributed by atoms with Crippen LogP contribution in [0.5, 0.6) is 5.75 Å². The smallest absolute Gasteiger partial charge is 0.319 e. The first kappa shape index (κ1) is 19.0. The van der Waals surface area contributed by atoms with Crippen LogP contribution < -0.4 is 15.4 Å². The fraction of sp³-hybridized carbons (Fsp3) is 0.188. The van der Waals surface area contributed by atoms with Crippen LogP contribution in [0.4, 0.5) is 16.2 Å². The molecule has 0 spiro atoms. The highest BCUT2D eigenvalue weighted by atomic mass is 79.9. The molecule has 0 heterocycles. The number of rotatable bonds is 7. The minimum atomic E-state index is -0.550. The van der Waals surface area contributed by atoms with Crippen LogP contribution >= 0.6 is 27.5 Å². The van der Waals surface area contributed by atoms with E-state index in [4.69, 9.17) is 16.3 Å². The van der Waals surface area contributed by atoms with Gasteiger partial charge in [0.25, 0.3) is 5.69 Å². The van der Waals surface area contributed by atoms with E-state index in [0.29, 0.717) is 30.3 Å². The first-order valence-corrected chi connectivity index (χ1v) is 8.50. The minimum Gasteiger partial charge on any atom is -0.492 e. The van der Waals surface area contributed by atoms with E-state index in [-0.39, 0.29) is 11.4 Å². The number of halogens is 2. The molecule has 132 valence electrons. The molecule has 25 heavy (non-hydrogen) atoms. The van der Waals surface area contributed by atoms with Gasteiger partial charge in [0.2, 0.25) is 0 Å². The maximum atomic E-state index is 11.8. The third kappa shape index (κ3) is 5.91. The highest BCUT2D eigenvalue weighted by Crippen LogP contribution is 2.27. The third-order valence-electron chi connectivity index (χ3n) is 3.11. The van der Waals surface area contributed by atoms with Crippen LogP contribution in [0.25, 0.3) is 0 Å². The number of amides is 2. The monoisotopic (exact) mass is 427 g/mol. The van der Waals surface area contributed by atoms with Gasteiger partial charge in [-0.15, -0.1) is 0 Å². The van der Waals surface area contributed by atoms with Crippen LogP contribution in [0.2, 0.25) is 5.02 Å². The molecule has 0 aliphatic heterocycles. The first-order chi connectivity index (χ1) is 12.0. The maximum Gasteiger partial charge on any atom is 0.319 e. The van der Waals surface area contributed by atoms with Gasteiger partial charge in [-0.3, -0.25) is 10.1 Å². The van der Waals surface area contributed by atoms with Crippen LogP contribution in [0.15, 0.2) is 46.9 Å². The Labute approximate surface area is 157 Å². The Balaban J connectivity index is 1.73. The minimum absolute atomic E-state index is 0.142. The number of ether oxygens (including phenoxy) is 1. The van der Waals surface area contributed by atoms with E-state index < -0.39 is 11.0 Å². The molecule has 0 unspecified atom stereocenters. The standard InChI is InChI=1S/C16H15BrClN3O4/c17-11-6-7-15(12(18)10-11)25-9-3-8-19-16(22)20-13-4-1-2-5-14(13)21(23)24/h1-2,4-7,10H,3,8-9H2,(H2,19,20,22). The van der Waals surface area contributed by atoms with Gasteiger partial charge < -0.3 is 15.4 Å². The molecule has 7 nitrogen and oxygen atoms in total. The van der Waals surface area contributed by atoms with Crippen molar-refractivity contribution in [1.82, 2.24) is 5.32 Å². The molecule has 0 fully saturated rings. The SMILES string of the molecule is O=C(NCCCOc1ccc(Br)cc1Cl)Nc1ccccc1[N+](=O)[O-]. The molecule has 9 heteroatoms. The summed E-state index contributed by atoms with van der Waals surface area (Å²) >= 11 is 9.34. The Kier molecular flexibility index (Phi) is 7.03. The number of urea groups is 1. The van der Waals surface area contributed by atoms with Gasteiger partial charge >= 0.3 is 6.03 Å². The lowest BCUT2D eigenvalue weighted by atomic mass is 10.3. The Morgan fingerprint density at radius 2 is 2.04 bits per heavy atom. The van der Waals surface area contributed by atoms with Gasteiger partial charge in [0.15, 0.2) is 0 Å². The lowest BCUT2D eigenvalue weighted by Crippen LogP contribution is -2.30. The molecule has 0 atom stereocenters. The summed E-state index contributed by atoms with van der Waals surface area (Å²) in [4.78, 5) is 22.1. The van der Waals surface area contributed by atoms with Gasteiger partial charge in [-0.05, 0) is 30.7 Å². The van der Waals surface area contributed by atoms with E-state index in [1.165, 1.54) is 18.2 Å². The van der Waals surface area contributed by atoms with Crippen LogP contribution in [-0.4, -0.2) is 24.1 Å². The quantitative estimate of drug-likeness (QED) is 0.383. The van der Waals surface area contributed by atoms with Crippen molar-refractivity contribution in [2.45, 2.75) is 6.42 Å². The maximum absolute atomic E-state index is 11.8. The van der Waals surface area contributed by atoms with E-state index in [0.717, 1.165) is 4.47 Å². The Morgan fingerprint density at radius 1 is 1.28 bits per heavy atom. The average molecular weight is 429 g/mol. The summed E-state index contributed by atoms with van der Waals surface area (Å²) in [6.45, 7) is 0.716. The van der Waals surface area contributed by atoms with Crippen molar-refractivity contribution in [3.63, 3.8) is 0 Å². The molecular formula is C16H15BrClN3O4. The number of benzene rings is 2. The Bertz CT molecular complexity index is 773. The predicted octanol–water partition coefficient (Wildman–Crippen LogP) is 4.60. The highest BCUT2D eigenvalue weighted by Gasteiger charge is 2.14. The topological polar surface area (TPSA) is 93.5 Å². The molecule has 2 aromatic rings. The second kappa shape index (κ2) is 9.24. The number of carbonyl (C=O) groups excluding carboxylic acids is 1. The lowest BCUT2D eigenvalue weighted by Gasteiger charge is -2.10. The van der Waals surface area contributed by atoms with Gasteiger partial charge in [0, 0.05) is 17.1 Å². The molecule has 0 aromatic heterocycles. The fourth-order valence-electron chi connectivity index (χ4n) is 1.95. The van der Waals surface area contributed by atoms with Gasteiger partial charge in [-0.2, -0.15) is 0 Å². The highest BCUT2D eigenvalue weighted by molar-refractivity contribution is 9.10. The second-order valence-corrected chi connectivity index (χ2v) is 6.25. The number of hydrogen-bond acceptors (Lipinski definition) is 4. The number of anilines is 1. The van der Waals surface area contributed by atoms with E-state index in [9.17, 15) is 14.9 Å². The molecule has 0 radical (unpaired) electrons. The first-order valence-electron chi connectivity index (χ1n) is 7.33. The van der Waals surface area contributed by atoms with Crippen molar-refractivity contribution < 1.29 is 14.5 Å². The third-order valence-corrected chi connectivity index (χ3v) is 3.90. The lowest BCUT2D eigenvalue weighted by molar-refractivity contribution is -0.383. The van der Waals surface area contributed by atoms with Gasteiger partial charge in [-0.1, -0.05) is 39.7 Å². The Morgan fingerprint density at radius 3 is 2.76 bits per heavy atom. The number of nitrogens with zero attached hydrogens (tertiary/aromatic N) is 1. The van der Waals surface area contributed by atoms with E-state index in [2.05, 4.69) is 26.6 Å². The molecule has 2 amide bonds. The molecule has 0 bridgehead atoms. The Hall–Kier alpha value is -2.32. The van der Waals surface area contributed by atoms with Gasteiger partial charge in [0.1, 0.15) is 11.4 Å². The van der Waals surface area contributed by atoms with Gasteiger partial charge in [-0.25, -0.2) is 4.79 Å². The predicted molar refractivity (Wildman–Crippen MR) is 99.4 cm³/mol. The summed E-state index contributed by atoms with van der Waals surface area (Å²) in [7, 11) is 0. The second-order valence-electron chi connectivity index (χ2n) is 4.93. The van der Waals surface area contributed by atoms with Crippen LogP contribution in [-0.2, 0) is 0 Å². The number of nitro benzene ring substituents is 1. The fourth-order valence-corrected chi connectivity index (χ4v) is 2.68. The zero-order chi connectivity index (χ0) is 18.2. The normalized spacial score (nSPS) is 10.2. The van der Waals surface area contributed by atoms with Crippen LogP contribution in [0.1, 0.15) is 6.42 Å². The molecule has 2 rings (SSSR count). The van der Waals surface area contributed by atoms with Crippen LogP contribution in [0, 0.1) is 10.1 Å². The van der Waals surface area contributed by atoms with E-state index in [1.807, 2.05) is 6.07 Å². The molecule has 2 N–H and O–H groups in total. The molecule has 0 aliphatic rings. The summed E-state index contributed by atoms with van der Waals surface area (Å²) in [5, 5.41) is 16.5. The summed E-state index contributed by atoms with van der Waals surface area (Å²) < 4.78 is 6.39. The van der Waals surface area contributed by atoms with Crippen molar-refractivity contribution in [3.05, 3.63) is 62.1 Å². The molecule has 0 saturated carbocycles. The average Bonchev–Trinajstić information content (AvgIpc) is 2.56. The molecular weight excluding hydrogens is 414 g/mol. The molecule has 0 saturated heterocycles. The summed E-state index contributed by atoms with van der Waals surface area (Å²) in [5.74, 6) is 0.564. The largest absolute Gasteiger partial charge is 0.492 e. The van der Waals surface area contributed by atoms with Crippen molar-refractivity contribution in [2.24, 2.45) is 0 Å². The number of carbonyl (C=O) groups is 1. The van der Waals surface area contributed by atoms with E-state index in [1.54, 1.807) is 18.2 Å². The number of para-hydroxylation sites is 2. The summed E-state index contributed by atoms with van der Waals surface area (Å²) in [6.07, 6.45) is 0.552. The summed E-state index contributed by atoms with van der Waals surface area (Å²) in [5.41, 5.74) is -0.0197. The van der Waals surface area contributed by atoms with Gasteiger partial charge in [0.05, 0.1) is 16.6 Å².